The summed E-state index contributed by atoms with van der Waals surface area (Å²) in [6.45, 7) is 1.69. The van der Waals surface area contributed by atoms with E-state index in [2.05, 4.69) is 9.97 Å². The number of aromatic nitrogens is 2. The molecule has 9 heteroatoms. The molecular formula is C12H12F3N3O2S. The van der Waals surface area contributed by atoms with Crippen molar-refractivity contribution in [1.82, 2.24) is 9.97 Å². The number of carbonyl (C=O) groups excluding carboxylic acids is 2. The second kappa shape index (κ2) is 6.00. The molecule has 1 aromatic rings. The van der Waals surface area contributed by atoms with Gasteiger partial charge in [-0.05, 0) is 5.92 Å². The van der Waals surface area contributed by atoms with Crippen molar-refractivity contribution in [3.05, 3.63) is 18.1 Å². The van der Waals surface area contributed by atoms with E-state index in [0.29, 0.717) is 5.75 Å². The molecule has 0 saturated carbocycles. The van der Waals surface area contributed by atoms with Gasteiger partial charge in [0.2, 0.25) is 5.91 Å². The van der Waals surface area contributed by atoms with Crippen molar-refractivity contribution in [2.24, 2.45) is 5.92 Å². The van der Waals surface area contributed by atoms with Crippen molar-refractivity contribution in [1.29, 1.82) is 0 Å². The van der Waals surface area contributed by atoms with E-state index in [1.807, 2.05) is 0 Å². The van der Waals surface area contributed by atoms with Gasteiger partial charge in [-0.3, -0.25) is 14.5 Å². The Labute approximate surface area is 122 Å². The molecule has 1 aliphatic rings. The summed E-state index contributed by atoms with van der Waals surface area (Å²) in [5, 5.41) is -0.0534. The number of hydrogen-bond donors (Lipinski definition) is 0. The van der Waals surface area contributed by atoms with Gasteiger partial charge in [-0.1, -0.05) is 11.8 Å². The minimum absolute atomic E-state index is 0.0534. The van der Waals surface area contributed by atoms with E-state index in [4.69, 9.17) is 0 Å². The summed E-state index contributed by atoms with van der Waals surface area (Å²) in [5.41, 5.74) is -1.08. The summed E-state index contributed by atoms with van der Waals surface area (Å²) in [4.78, 5) is 30.9. The molecule has 1 atom stereocenters. The molecule has 0 N–H and O–H groups in total. The number of amides is 1. The van der Waals surface area contributed by atoms with Gasteiger partial charge in [-0.15, -0.1) is 0 Å². The molecule has 1 aromatic heterocycles. The monoisotopic (exact) mass is 319 g/mol. The summed E-state index contributed by atoms with van der Waals surface area (Å²) in [5.74, 6) is 0.0405. The van der Waals surface area contributed by atoms with E-state index in [-0.39, 0.29) is 35.7 Å². The molecule has 2 heterocycles. The van der Waals surface area contributed by atoms with E-state index < -0.39 is 11.9 Å². The third kappa shape index (κ3) is 3.93. The quantitative estimate of drug-likeness (QED) is 0.854. The van der Waals surface area contributed by atoms with Crippen LogP contribution in [0, 0.1) is 5.92 Å². The Morgan fingerprint density at radius 2 is 2.19 bits per heavy atom. The minimum atomic E-state index is -4.58. The molecule has 1 aliphatic heterocycles. The second-order valence-corrected chi connectivity index (χ2v) is 5.83. The Balaban J connectivity index is 2.12. The normalized spacial score (nSPS) is 19.1. The Morgan fingerprint density at radius 1 is 1.48 bits per heavy atom. The summed E-state index contributed by atoms with van der Waals surface area (Å²) in [7, 11) is 0. The maximum Gasteiger partial charge on any atom is 0.433 e. The van der Waals surface area contributed by atoms with Crippen LogP contribution in [0.25, 0.3) is 0 Å². The highest BCUT2D eigenvalue weighted by atomic mass is 32.2. The molecule has 114 valence electrons. The van der Waals surface area contributed by atoms with Crippen LogP contribution in [0.2, 0.25) is 0 Å². The highest BCUT2D eigenvalue weighted by Gasteiger charge is 2.36. The van der Waals surface area contributed by atoms with Gasteiger partial charge in [-0.25, -0.2) is 9.97 Å². The highest BCUT2D eigenvalue weighted by Crippen LogP contribution is 2.31. The summed E-state index contributed by atoms with van der Waals surface area (Å²) in [6, 6.07) is 0.762. The molecule has 0 bridgehead atoms. The number of hydrogen-bond acceptors (Lipinski definition) is 5. The SMILES string of the molecule is CC(=O)SCC1CC(=O)N(c2cc(C(F)(F)F)ncn2)C1. The van der Waals surface area contributed by atoms with Gasteiger partial charge in [0.15, 0.2) is 5.12 Å². The molecule has 1 saturated heterocycles. The van der Waals surface area contributed by atoms with E-state index in [1.165, 1.54) is 11.8 Å². The zero-order chi connectivity index (χ0) is 15.6. The van der Waals surface area contributed by atoms with Crippen LogP contribution < -0.4 is 4.90 Å². The third-order valence-corrected chi connectivity index (χ3v) is 3.99. The van der Waals surface area contributed by atoms with Crippen LogP contribution in [-0.4, -0.2) is 33.3 Å². The standard InChI is InChI=1S/C12H12F3N3O2S/c1-7(19)21-5-8-2-11(20)18(4-8)10-3-9(12(13,14)15)16-6-17-10/h3,6,8H,2,4-5H2,1H3. The molecule has 0 spiro atoms. The van der Waals surface area contributed by atoms with Crippen LogP contribution in [0.1, 0.15) is 19.0 Å². The first kappa shape index (κ1) is 15.7. The van der Waals surface area contributed by atoms with Crippen molar-refractivity contribution >= 4 is 28.6 Å². The second-order valence-electron chi connectivity index (χ2n) is 4.64. The fraction of sp³-hybridized carbons (Fsp3) is 0.500. The smallest absolute Gasteiger partial charge is 0.296 e. The first-order valence-corrected chi connectivity index (χ1v) is 7.09. The van der Waals surface area contributed by atoms with Crippen LogP contribution in [0.5, 0.6) is 0 Å². The number of alkyl halides is 3. The van der Waals surface area contributed by atoms with E-state index in [0.717, 1.165) is 24.2 Å². The average molecular weight is 319 g/mol. The van der Waals surface area contributed by atoms with Gasteiger partial charge in [0.05, 0.1) is 0 Å². The number of anilines is 1. The van der Waals surface area contributed by atoms with Gasteiger partial charge < -0.3 is 0 Å². The summed E-state index contributed by atoms with van der Waals surface area (Å²) in [6.07, 6.45) is -3.58. The van der Waals surface area contributed by atoms with Crippen LogP contribution >= 0.6 is 11.8 Å². The number of halogens is 3. The highest BCUT2D eigenvalue weighted by molar-refractivity contribution is 8.13. The van der Waals surface area contributed by atoms with Crippen molar-refractivity contribution in [3.63, 3.8) is 0 Å². The number of thioether (sulfide) groups is 1. The maximum absolute atomic E-state index is 12.6. The predicted octanol–water partition coefficient (Wildman–Crippen LogP) is 2.13. The molecule has 0 aromatic carbocycles. The molecular weight excluding hydrogens is 307 g/mol. The molecule has 2 rings (SSSR count). The van der Waals surface area contributed by atoms with Crippen LogP contribution in [0.3, 0.4) is 0 Å². The van der Waals surface area contributed by atoms with Gasteiger partial charge >= 0.3 is 6.18 Å². The zero-order valence-electron chi connectivity index (χ0n) is 11.1. The lowest BCUT2D eigenvalue weighted by Crippen LogP contribution is -2.26. The topological polar surface area (TPSA) is 63.2 Å². The molecule has 1 fully saturated rings. The number of nitrogens with zero attached hydrogens (tertiary/aromatic N) is 3. The largest absolute Gasteiger partial charge is 0.433 e. The maximum atomic E-state index is 12.6. The van der Waals surface area contributed by atoms with Crippen LogP contribution in [-0.2, 0) is 15.8 Å². The van der Waals surface area contributed by atoms with E-state index in [9.17, 15) is 22.8 Å². The molecule has 0 aliphatic carbocycles. The molecule has 1 unspecified atom stereocenters. The number of rotatable bonds is 3. The minimum Gasteiger partial charge on any atom is -0.296 e. The van der Waals surface area contributed by atoms with Crippen LogP contribution in [0.4, 0.5) is 19.0 Å². The first-order valence-electron chi connectivity index (χ1n) is 6.10. The Bertz CT molecular complexity index is 565. The Hall–Kier alpha value is -1.64. The Kier molecular flexibility index (Phi) is 4.50. The average Bonchev–Trinajstić information content (AvgIpc) is 2.77. The number of carbonyl (C=O) groups is 2. The zero-order valence-corrected chi connectivity index (χ0v) is 11.9. The fourth-order valence-corrected chi connectivity index (χ4v) is 2.69. The van der Waals surface area contributed by atoms with Crippen molar-refractivity contribution in [2.75, 3.05) is 17.2 Å². The van der Waals surface area contributed by atoms with Gasteiger partial charge in [-0.2, -0.15) is 13.2 Å². The fourth-order valence-electron chi connectivity index (χ4n) is 2.00. The predicted molar refractivity (Wildman–Crippen MR) is 70.6 cm³/mol. The molecule has 21 heavy (non-hydrogen) atoms. The van der Waals surface area contributed by atoms with Gasteiger partial charge in [0.1, 0.15) is 17.8 Å². The molecule has 1 amide bonds. The van der Waals surface area contributed by atoms with E-state index in [1.54, 1.807) is 0 Å². The van der Waals surface area contributed by atoms with E-state index >= 15 is 0 Å². The Morgan fingerprint density at radius 3 is 2.81 bits per heavy atom. The van der Waals surface area contributed by atoms with Gasteiger partial charge in [0, 0.05) is 31.7 Å². The first-order chi connectivity index (χ1) is 9.77. The third-order valence-electron chi connectivity index (χ3n) is 2.95. The van der Waals surface area contributed by atoms with Gasteiger partial charge in [0.25, 0.3) is 0 Å². The van der Waals surface area contributed by atoms with Crippen molar-refractivity contribution < 1.29 is 22.8 Å². The lowest BCUT2D eigenvalue weighted by molar-refractivity contribution is -0.141. The van der Waals surface area contributed by atoms with Crippen molar-refractivity contribution in [2.45, 2.75) is 19.5 Å². The summed E-state index contributed by atoms with van der Waals surface area (Å²) >= 11 is 1.10. The van der Waals surface area contributed by atoms with Crippen molar-refractivity contribution in [3.8, 4) is 0 Å². The van der Waals surface area contributed by atoms with Crippen LogP contribution in [0.15, 0.2) is 12.4 Å². The lowest BCUT2D eigenvalue weighted by atomic mass is 10.1. The molecule has 0 radical (unpaired) electrons. The lowest BCUT2D eigenvalue weighted by Gasteiger charge is -2.16. The summed E-state index contributed by atoms with van der Waals surface area (Å²) < 4.78 is 37.8. The molecule has 5 nitrogen and oxygen atoms in total.